The van der Waals surface area contributed by atoms with Crippen molar-refractivity contribution in [3.8, 4) is 0 Å². The van der Waals surface area contributed by atoms with Gasteiger partial charge in [-0.2, -0.15) is 13.2 Å². The summed E-state index contributed by atoms with van der Waals surface area (Å²) in [4.78, 5) is 3.89. The Morgan fingerprint density at radius 2 is 1.47 bits per heavy atom. The summed E-state index contributed by atoms with van der Waals surface area (Å²) >= 11 is 0. The van der Waals surface area contributed by atoms with Crippen molar-refractivity contribution in [2.75, 3.05) is 5.32 Å². The number of halogens is 3. The molecule has 0 bridgehead atoms. The van der Waals surface area contributed by atoms with Crippen LogP contribution in [0.5, 0.6) is 0 Å². The first kappa shape index (κ1) is 11.8. The summed E-state index contributed by atoms with van der Waals surface area (Å²) in [5.41, 5.74) is 2.93. The molecule has 2 nitrogen and oxygen atoms in total. The highest BCUT2D eigenvalue weighted by molar-refractivity contribution is 5.51. The summed E-state index contributed by atoms with van der Waals surface area (Å²) in [6, 6.07) is 0. The van der Waals surface area contributed by atoms with Crippen LogP contribution in [0.1, 0.15) is 22.4 Å². The van der Waals surface area contributed by atoms with Gasteiger partial charge in [0.15, 0.2) is 0 Å². The van der Waals surface area contributed by atoms with Gasteiger partial charge >= 0.3 is 6.30 Å². The molecule has 1 heterocycles. The van der Waals surface area contributed by atoms with E-state index in [1.807, 2.05) is 6.92 Å². The van der Waals surface area contributed by atoms with Crippen LogP contribution >= 0.6 is 0 Å². The van der Waals surface area contributed by atoms with E-state index in [0.29, 0.717) is 11.3 Å². The highest BCUT2D eigenvalue weighted by Gasteiger charge is 2.29. The molecular weight excluding hydrogens is 205 g/mol. The molecule has 0 aromatic carbocycles. The predicted molar refractivity (Wildman–Crippen MR) is 52.9 cm³/mol. The van der Waals surface area contributed by atoms with Crippen LogP contribution < -0.4 is 5.32 Å². The molecule has 0 spiro atoms. The van der Waals surface area contributed by atoms with Crippen molar-refractivity contribution in [2.45, 2.75) is 34.0 Å². The fourth-order valence-electron chi connectivity index (χ4n) is 1.32. The Balaban J connectivity index is 3.21. The second-order valence-corrected chi connectivity index (χ2v) is 3.54. The smallest absolute Gasteiger partial charge is 0.281 e. The Kier molecular flexibility index (Phi) is 2.93. The first-order valence-electron chi connectivity index (χ1n) is 4.51. The summed E-state index contributed by atoms with van der Waals surface area (Å²) in [6.45, 7) is 6.97. The number of aromatic nitrogens is 1. The van der Waals surface area contributed by atoms with E-state index in [1.54, 1.807) is 20.8 Å². The molecule has 0 aliphatic carbocycles. The first-order chi connectivity index (χ1) is 6.72. The SMILES string of the molecule is Cc1nc(NC(F)(F)F)c(C)c(C)c1C. The Morgan fingerprint density at radius 3 is 1.93 bits per heavy atom. The second-order valence-electron chi connectivity index (χ2n) is 3.54. The number of nitrogens with zero attached hydrogens (tertiary/aromatic N) is 1. The molecule has 1 rings (SSSR count). The standard InChI is InChI=1S/C10H13F3N2/c1-5-6(2)8(4)14-9(7(5)3)15-10(11,12)13/h1-4H3,(H,14,15). The molecule has 1 aromatic rings. The molecular formula is C10H13F3N2. The first-order valence-corrected chi connectivity index (χ1v) is 4.51. The Morgan fingerprint density at radius 1 is 0.933 bits per heavy atom. The Bertz CT molecular complexity index is 383. The number of aryl methyl sites for hydroxylation is 1. The van der Waals surface area contributed by atoms with Gasteiger partial charge in [-0.15, -0.1) is 0 Å². The average molecular weight is 218 g/mol. The molecule has 1 aromatic heterocycles. The number of rotatable bonds is 1. The molecule has 0 amide bonds. The molecule has 0 saturated carbocycles. The third-order valence-electron chi connectivity index (χ3n) is 2.56. The molecule has 0 fully saturated rings. The van der Waals surface area contributed by atoms with Gasteiger partial charge in [-0.25, -0.2) is 4.98 Å². The average Bonchev–Trinajstić information content (AvgIpc) is 2.08. The minimum atomic E-state index is -4.44. The zero-order valence-corrected chi connectivity index (χ0v) is 9.08. The molecule has 0 radical (unpaired) electrons. The number of hydrogen-bond donors (Lipinski definition) is 1. The van der Waals surface area contributed by atoms with Gasteiger partial charge in [0.2, 0.25) is 0 Å². The summed E-state index contributed by atoms with van der Waals surface area (Å²) < 4.78 is 36.4. The van der Waals surface area contributed by atoms with Crippen LogP contribution in [-0.4, -0.2) is 11.3 Å². The highest BCUT2D eigenvalue weighted by atomic mass is 19.4. The Labute approximate surface area is 86.5 Å². The maximum atomic E-state index is 12.1. The topological polar surface area (TPSA) is 24.9 Å². The zero-order valence-electron chi connectivity index (χ0n) is 9.08. The van der Waals surface area contributed by atoms with Crippen LogP contribution in [0, 0.1) is 27.7 Å². The molecule has 15 heavy (non-hydrogen) atoms. The van der Waals surface area contributed by atoms with Gasteiger partial charge in [-0.1, -0.05) is 0 Å². The summed E-state index contributed by atoms with van der Waals surface area (Å²) in [6.07, 6.45) is -4.44. The van der Waals surface area contributed by atoms with Crippen molar-refractivity contribution in [3.63, 3.8) is 0 Å². The summed E-state index contributed by atoms with van der Waals surface area (Å²) in [7, 11) is 0. The number of hydrogen-bond acceptors (Lipinski definition) is 2. The minimum absolute atomic E-state index is 0.108. The largest absolute Gasteiger partial charge is 0.483 e. The highest BCUT2D eigenvalue weighted by Crippen LogP contribution is 2.25. The van der Waals surface area contributed by atoms with Crippen LogP contribution in [-0.2, 0) is 0 Å². The van der Waals surface area contributed by atoms with Gasteiger partial charge in [-0.3, -0.25) is 5.32 Å². The number of nitrogens with one attached hydrogen (secondary N) is 1. The molecule has 0 atom stereocenters. The molecule has 0 aliphatic heterocycles. The fraction of sp³-hybridized carbons (Fsp3) is 0.500. The molecule has 0 unspecified atom stereocenters. The van der Waals surface area contributed by atoms with Gasteiger partial charge in [0.1, 0.15) is 5.82 Å². The van der Waals surface area contributed by atoms with E-state index in [0.717, 1.165) is 11.1 Å². The van der Waals surface area contributed by atoms with Crippen molar-refractivity contribution in [1.82, 2.24) is 4.98 Å². The van der Waals surface area contributed by atoms with E-state index in [2.05, 4.69) is 4.98 Å². The monoisotopic (exact) mass is 218 g/mol. The third kappa shape index (κ3) is 2.61. The molecule has 84 valence electrons. The van der Waals surface area contributed by atoms with Crippen molar-refractivity contribution in [1.29, 1.82) is 0 Å². The number of pyridine rings is 1. The van der Waals surface area contributed by atoms with Crippen LogP contribution in [0.2, 0.25) is 0 Å². The fourth-order valence-corrected chi connectivity index (χ4v) is 1.32. The van der Waals surface area contributed by atoms with Crippen LogP contribution in [0.4, 0.5) is 19.0 Å². The van der Waals surface area contributed by atoms with Crippen molar-refractivity contribution in [2.24, 2.45) is 0 Å². The molecule has 5 heteroatoms. The van der Waals surface area contributed by atoms with E-state index < -0.39 is 6.30 Å². The lowest BCUT2D eigenvalue weighted by Gasteiger charge is -2.15. The zero-order chi connectivity index (χ0) is 11.8. The van der Waals surface area contributed by atoms with E-state index in [1.165, 1.54) is 5.32 Å². The van der Waals surface area contributed by atoms with E-state index in [-0.39, 0.29) is 5.82 Å². The maximum Gasteiger partial charge on any atom is 0.483 e. The van der Waals surface area contributed by atoms with E-state index >= 15 is 0 Å². The molecule has 0 saturated heterocycles. The third-order valence-corrected chi connectivity index (χ3v) is 2.56. The normalized spacial score (nSPS) is 11.7. The van der Waals surface area contributed by atoms with Crippen molar-refractivity contribution < 1.29 is 13.2 Å². The van der Waals surface area contributed by atoms with Gasteiger partial charge in [0, 0.05) is 5.69 Å². The van der Waals surface area contributed by atoms with Gasteiger partial charge in [-0.05, 0) is 44.4 Å². The van der Waals surface area contributed by atoms with Crippen LogP contribution in [0.3, 0.4) is 0 Å². The maximum absolute atomic E-state index is 12.1. The predicted octanol–water partition coefficient (Wildman–Crippen LogP) is 3.25. The number of anilines is 1. The molecule has 0 aliphatic rings. The Hall–Kier alpha value is -1.26. The van der Waals surface area contributed by atoms with E-state index in [9.17, 15) is 13.2 Å². The quantitative estimate of drug-likeness (QED) is 0.732. The lowest BCUT2D eigenvalue weighted by molar-refractivity contribution is -0.100. The van der Waals surface area contributed by atoms with Crippen molar-refractivity contribution in [3.05, 3.63) is 22.4 Å². The minimum Gasteiger partial charge on any atom is -0.281 e. The van der Waals surface area contributed by atoms with Gasteiger partial charge in [0.05, 0.1) is 0 Å². The van der Waals surface area contributed by atoms with Gasteiger partial charge in [0.25, 0.3) is 0 Å². The van der Waals surface area contributed by atoms with Crippen LogP contribution in [0.15, 0.2) is 0 Å². The second kappa shape index (κ2) is 3.72. The lowest BCUT2D eigenvalue weighted by atomic mass is 10.0. The van der Waals surface area contributed by atoms with Crippen LogP contribution in [0.25, 0.3) is 0 Å². The summed E-state index contributed by atoms with van der Waals surface area (Å²) in [5.74, 6) is -0.108. The van der Waals surface area contributed by atoms with Gasteiger partial charge < -0.3 is 0 Å². The van der Waals surface area contributed by atoms with Crippen molar-refractivity contribution >= 4 is 5.82 Å². The summed E-state index contributed by atoms with van der Waals surface area (Å²) in [5, 5.41) is 1.45. The molecule has 1 N–H and O–H groups in total. The lowest BCUT2D eigenvalue weighted by Crippen LogP contribution is -2.22. The van der Waals surface area contributed by atoms with E-state index in [4.69, 9.17) is 0 Å². The number of alkyl halides is 3.